The lowest BCUT2D eigenvalue weighted by Gasteiger charge is -2.42. The summed E-state index contributed by atoms with van der Waals surface area (Å²) >= 11 is 0. The van der Waals surface area contributed by atoms with Gasteiger partial charge in [0.1, 0.15) is 11.8 Å². The summed E-state index contributed by atoms with van der Waals surface area (Å²) in [4.78, 5) is 16.0. The normalized spacial score (nSPS) is 19.7. The highest BCUT2D eigenvalue weighted by molar-refractivity contribution is 7.89. The third-order valence-corrected chi connectivity index (χ3v) is 11.5. The highest BCUT2D eigenvalue weighted by atomic mass is 32.2. The molecular formula is C44H49N3O8S. The first-order chi connectivity index (χ1) is 26.9. The van der Waals surface area contributed by atoms with Gasteiger partial charge in [-0.1, -0.05) is 103 Å². The van der Waals surface area contributed by atoms with Crippen molar-refractivity contribution in [3.8, 4) is 5.75 Å². The van der Waals surface area contributed by atoms with E-state index >= 15 is 0 Å². The highest BCUT2D eigenvalue weighted by Gasteiger charge is 2.39. The second-order valence-corrected chi connectivity index (χ2v) is 16.2. The number of ether oxygens (including phenoxy) is 2. The van der Waals surface area contributed by atoms with Gasteiger partial charge in [-0.3, -0.25) is 4.79 Å². The molecule has 11 nitrogen and oxygen atoms in total. The van der Waals surface area contributed by atoms with Crippen LogP contribution in [-0.2, 0) is 37.3 Å². The van der Waals surface area contributed by atoms with Crippen LogP contribution in [0.4, 0.5) is 5.69 Å². The van der Waals surface area contributed by atoms with Crippen LogP contribution in [0.2, 0.25) is 0 Å². The molecular weight excluding hydrogens is 731 g/mol. The number of carbonyl (C=O) groups excluding carboxylic acids is 1. The van der Waals surface area contributed by atoms with Crippen LogP contribution in [0.5, 0.6) is 5.75 Å². The Morgan fingerprint density at radius 2 is 1.55 bits per heavy atom. The van der Waals surface area contributed by atoms with Crippen LogP contribution in [0, 0.1) is 12.8 Å². The average molecular weight is 780 g/mol. The van der Waals surface area contributed by atoms with Gasteiger partial charge in [-0.25, -0.2) is 8.42 Å². The number of nitrogens with one attached hydrogen (secondary N) is 2. The minimum Gasteiger partial charge on any atom is -0.508 e. The van der Waals surface area contributed by atoms with Crippen LogP contribution in [0.25, 0.3) is 0 Å². The Morgan fingerprint density at radius 3 is 2.25 bits per heavy atom. The molecule has 0 saturated carbocycles. The van der Waals surface area contributed by atoms with E-state index in [2.05, 4.69) is 10.0 Å². The van der Waals surface area contributed by atoms with Crippen molar-refractivity contribution in [1.82, 2.24) is 9.62 Å². The zero-order valence-electron chi connectivity index (χ0n) is 31.7. The summed E-state index contributed by atoms with van der Waals surface area (Å²) in [6.07, 6.45) is -2.33. The van der Waals surface area contributed by atoms with Crippen molar-refractivity contribution in [3.05, 3.63) is 161 Å². The lowest BCUT2D eigenvalue weighted by Crippen LogP contribution is -2.45. The molecule has 5 N–H and O–H groups in total. The molecule has 1 aliphatic rings. The quantitative estimate of drug-likeness (QED) is 0.0838. The molecule has 0 bridgehead atoms. The first-order valence-corrected chi connectivity index (χ1v) is 20.1. The molecule has 1 fully saturated rings. The summed E-state index contributed by atoms with van der Waals surface area (Å²) in [5, 5.41) is 33.5. The number of phenolic OH excluding ortho intramolecular Hbond substituents is 1. The molecule has 6 atom stereocenters. The van der Waals surface area contributed by atoms with Crippen LogP contribution in [0.3, 0.4) is 0 Å². The number of rotatable bonds is 15. The van der Waals surface area contributed by atoms with E-state index in [1.165, 1.54) is 12.1 Å². The van der Waals surface area contributed by atoms with Crippen molar-refractivity contribution in [3.63, 3.8) is 0 Å². The Balaban J connectivity index is 1.23. The minimum atomic E-state index is -4.04. The number of carbonyl (C=O) groups is 1. The monoisotopic (exact) mass is 779 g/mol. The summed E-state index contributed by atoms with van der Waals surface area (Å²) in [6, 6.07) is 35.8. The van der Waals surface area contributed by atoms with E-state index in [0.717, 1.165) is 22.3 Å². The second-order valence-electron chi connectivity index (χ2n) is 14.4. The largest absolute Gasteiger partial charge is 0.508 e. The van der Waals surface area contributed by atoms with E-state index in [9.17, 15) is 28.5 Å². The summed E-state index contributed by atoms with van der Waals surface area (Å²) in [6.45, 7) is 4.57. The predicted octanol–water partition coefficient (Wildman–Crippen LogP) is 6.18. The van der Waals surface area contributed by atoms with Crippen molar-refractivity contribution >= 4 is 21.6 Å². The van der Waals surface area contributed by atoms with Crippen molar-refractivity contribution in [2.75, 3.05) is 25.5 Å². The summed E-state index contributed by atoms with van der Waals surface area (Å²) in [7, 11) is -2.14. The van der Waals surface area contributed by atoms with E-state index < -0.39 is 40.5 Å². The lowest BCUT2D eigenvalue weighted by molar-refractivity contribution is -0.276. The van der Waals surface area contributed by atoms with Gasteiger partial charge in [0.15, 0.2) is 6.29 Å². The van der Waals surface area contributed by atoms with Gasteiger partial charge in [0.2, 0.25) is 15.9 Å². The molecule has 5 aromatic carbocycles. The molecule has 1 amide bonds. The Labute approximate surface area is 328 Å². The van der Waals surface area contributed by atoms with E-state index in [1.807, 2.05) is 86.5 Å². The fourth-order valence-electron chi connectivity index (χ4n) is 6.85. The molecule has 1 aliphatic heterocycles. The molecule has 12 heteroatoms. The Hall–Kier alpha value is -4.92. The number of hydrogen-bond donors (Lipinski definition) is 5. The minimum absolute atomic E-state index is 0.0615. The van der Waals surface area contributed by atoms with E-state index in [0.29, 0.717) is 23.4 Å². The van der Waals surface area contributed by atoms with Gasteiger partial charge < -0.3 is 35.0 Å². The van der Waals surface area contributed by atoms with E-state index in [1.54, 1.807) is 54.6 Å². The van der Waals surface area contributed by atoms with Gasteiger partial charge >= 0.3 is 0 Å². The summed E-state index contributed by atoms with van der Waals surface area (Å²) in [5.41, 5.74) is 5.05. The number of aromatic hydroxyl groups is 1. The molecule has 56 heavy (non-hydrogen) atoms. The molecule has 0 radical (unpaired) electrons. The Bertz CT molecular complexity index is 2170. The average Bonchev–Trinajstić information content (AvgIpc) is 3.19. The SMILES string of the molecule is Cc1ccc(S(=O)(=O)N[C@H](Cc2ccccc2)C(=O)Nc2cccc([C@@H]3O[C@H](CN(C)C[C@@H](O)c4cccc(O)c4)[C@H](C)[C@H](c4ccc(CO)cc4)O3)c2)cc1. The molecule has 0 aromatic heterocycles. The molecule has 1 saturated heterocycles. The number of aliphatic hydroxyl groups is 2. The molecule has 294 valence electrons. The lowest BCUT2D eigenvalue weighted by atomic mass is 9.90. The Morgan fingerprint density at radius 1 is 0.839 bits per heavy atom. The predicted molar refractivity (Wildman–Crippen MR) is 214 cm³/mol. The molecule has 5 aromatic rings. The number of phenols is 1. The number of aliphatic hydroxyl groups excluding tert-OH is 2. The second kappa shape index (κ2) is 18.4. The maximum Gasteiger partial charge on any atom is 0.242 e. The zero-order chi connectivity index (χ0) is 39.8. The van der Waals surface area contributed by atoms with Crippen molar-refractivity contribution in [2.24, 2.45) is 5.92 Å². The number of likely N-dealkylation sites (N-methyl/N-ethyl adjacent to an activating group) is 1. The van der Waals surface area contributed by atoms with Gasteiger partial charge in [-0.15, -0.1) is 0 Å². The number of sulfonamides is 1. The molecule has 1 heterocycles. The van der Waals surface area contributed by atoms with Crippen LogP contribution in [-0.4, -0.2) is 66.8 Å². The highest BCUT2D eigenvalue weighted by Crippen LogP contribution is 2.42. The number of aryl methyl sites for hydroxylation is 1. The van der Waals surface area contributed by atoms with Gasteiger partial charge in [0, 0.05) is 30.3 Å². The number of amides is 1. The van der Waals surface area contributed by atoms with E-state index in [-0.39, 0.29) is 42.2 Å². The fraction of sp³-hybridized carbons (Fsp3) is 0.295. The van der Waals surface area contributed by atoms with Crippen LogP contribution in [0.1, 0.15) is 58.8 Å². The fourth-order valence-corrected chi connectivity index (χ4v) is 8.04. The van der Waals surface area contributed by atoms with Crippen LogP contribution >= 0.6 is 0 Å². The first kappa shape index (κ1) is 40.7. The molecule has 0 spiro atoms. The standard InChI is InChI=1S/C44H49N3O8S/c1-29-15-21-38(22-16-29)56(52,53)46-39(23-31-9-5-4-6-10-31)43(51)45-36-13-7-12-35(24-36)44-54-41(27-47(3)26-40(50)34-11-8-14-37(49)25-34)30(2)42(55-44)33-19-17-32(28-48)18-20-33/h4-22,24-25,30,39-42,44,46,48-50H,23,26-28H2,1-3H3,(H,45,51)/t30-,39+,40+,41+,42+,44+/m0/s1. The van der Waals surface area contributed by atoms with Gasteiger partial charge in [-0.2, -0.15) is 4.72 Å². The number of anilines is 1. The number of hydrogen-bond acceptors (Lipinski definition) is 9. The van der Waals surface area contributed by atoms with Crippen molar-refractivity contribution in [2.45, 2.75) is 62.4 Å². The van der Waals surface area contributed by atoms with Crippen LogP contribution < -0.4 is 10.0 Å². The van der Waals surface area contributed by atoms with Crippen molar-refractivity contribution in [1.29, 1.82) is 0 Å². The summed E-state index contributed by atoms with van der Waals surface area (Å²) in [5.74, 6) is -0.584. The third kappa shape index (κ3) is 10.5. The zero-order valence-corrected chi connectivity index (χ0v) is 32.5. The number of nitrogens with zero attached hydrogens (tertiary/aromatic N) is 1. The van der Waals surface area contributed by atoms with E-state index in [4.69, 9.17) is 9.47 Å². The van der Waals surface area contributed by atoms with Gasteiger partial charge in [-0.05, 0) is 79.0 Å². The maximum atomic E-state index is 13.9. The number of benzene rings is 5. The van der Waals surface area contributed by atoms with Crippen LogP contribution in [0.15, 0.2) is 132 Å². The first-order valence-electron chi connectivity index (χ1n) is 18.6. The topological polar surface area (TPSA) is 158 Å². The third-order valence-electron chi connectivity index (χ3n) is 10.0. The van der Waals surface area contributed by atoms with Crippen molar-refractivity contribution < 1.29 is 38.0 Å². The summed E-state index contributed by atoms with van der Waals surface area (Å²) < 4.78 is 42.8. The van der Waals surface area contributed by atoms with Gasteiger partial charge in [0.05, 0.1) is 29.8 Å². The maximum absolute atomic E-state index is 13.9. The van der Waals surface area contributed by atoms with Gasteiger partial charge in [0.25, 0.3) is 0 Å². The smallest absolute Gasteiger partial charge is 0.242 e. The molecule has 0 unspecified atom stereocenters. The molecule has 6 rings (SSSR count). The Kier molecular flexibility index (Phi) is 13.3. The molecule has 0 aliphatic carbocycles.